The van der Waals surface area contributed by atoms with E-state index in [1.54, 1.807) is 0 Å². The summed E-state index contributed by atoms with van der Waals surface area (Å²) in [7, 11) is 2.19. The Bertz CT molecular complexity index is 458. The van der Waals surface area contributed by atoms with Crippen LogP contribution in [-0.2, 0) is 12.8 Å². The lowest BCUT2D eigenvalue weighted by atomic mass is 10.00. The van der Waals surface area contributed by atoms with Crippen molar-refractivity contribution in [3.05, 3.63) is 23.3 Å². The second kappa shape index (κ2) is 5.41. The number of rotatable bonds is 2. The van der Waals surface area contributed by atoms with Gasteiger partial charge in [0.15, 0.2) is 0 Å². The molecule has 3 rings (SSSR count). The van der Waals surface area contributed by atoms with Crippen molar-refractivity contribution in [2.24, 2.45) is 0 Å². The van der Waals surface area contributed by atoms with Crippen LogP contribution in [0.3, 0.4) is 0 Å². The number of likely N-dealkylation sites (N-methyl/N-ethyl adjacent to an activating group) is 1. The van der Waals surface area contributed by atoms with Gasteiger partial charge in [-0.05, 0) is 55.6 Å². The molecule has 3 heteroatoms. The summed E-state index contributed by atoms with van der Waals surface area (Å²) in [6.45, 7) is 5.41. The first-order valence-corrected chi connectivity index (χ1v) is 7.52. The van der Waals surface area contributed by atoms with Crippen LogP contribution in [0.15, 0.2) is 12.1 Å². The van der Waals surface area contributed by atoms with Gasteiger partial charge in [-0.3, -0.25) is 0 Å². The Hall–Kier alpha value is -1.22. The Morgan fingerprint density at radius 3 is 2.74 bits per heavy atom. The molecular weight excluding hydrogens is 236 g/mol. The largest absolute Gasteiger partial charge is 0.486 e. The smallest absolute Gasteiger partial charge is 0.143 e. The van der Waals surface area contributed by atoms with Crippen molar-refractivity contribution < 1.29 is 4.74 Å². The van der Waals surface area contributed by atoms with Gasteiger partial charge in [0.25, 0.3) is 0 Å². The minimum absolute atomic E-state index is 0.351. The lowest BCUT2D eigenvalue weighted by Gasteiger charge is -2.34. The summed E-state index contributed by atoms with van der Waals surface area (Å²) in [5.41, 5.74) is 4.23. The monoisotopic (exact) mass is 260 g/mol. The first-order chi connectivity index (χ1) is 9.28. The SMILES string of the molecule is CCC[C@@H]1CN(C)c2cc3c(cc2O1)CCNCC3. The molecule has 0 amide bonds. The highest BCUT2D eigenvalue weighted by molar-refractivity contribution is 5.63. The number of nitrogens with one attached hydrogen (secondary N) is 1. The third-order valence-corrected chi connectivity index (χ3v) is 4.22. The van der Waals surface area contributed by atoms with Crippen molar-refractivity contribution in [3.63, 3.8) is 0 Å². The van der Waals surface area contributed by atoms with Crippen LogP contribution in [0.1, 0.15) is 30.9 Å². The van der Waals surface area contributed by atoms with Crippen molar-refractivity contribution in [2.45, 2.75) is 38.7 Å². The third-order valence-electron chi connectivity index (χ3n) is 4.22. The zero-order valence-corrected chi connectivity index (χ0v) is 12.0. The molecule has 0 spiro atoms. The van der Waals surface area contributed by atoms with Gasteiger partial charge in [-0.2, -0.15) is 0 Å². The van der Waals surface area contributed by atoms with E-state index in [2.05, 4.69) is 36.3 Å². The zero-order valence-electron chi connectivity index (χ0n) is 12.0. The number of hydrogen-bond acceptors (Lipinski definition) is 3. The minimum Gasteiger partial charge on any atom is -0.486 e. The molecule has 0 saturated carbocycles. The van der Waals surface area contributed by atoms with Crippen molar-refractivity contribution in [2.75, 3.05) is 31.6 Å². The summed E-state index contributed by atoms with van der Waals surface area (Å²) >= 11 is 0. The highest BCUT2D eigenvalue weighted by atomic mass is 16.5. The van der Waals surface area contributed by atoms with Crippen LogP contribution < -0.4 is 15.0 Å². The second-order valence-electron chi connectivity index (χ2n) is 5.75. The number of hydrogen-bond donors (Lipinski definition) is 1. The van der Waals surface area contributed by atoms with Gasteiger partial charge in [-0.25, -0.2) is 0 Å². The fourth-order valence-electron chi connectivity index (χ4n) is 3.18. The molecule has 1 N–H and O–H groups in total. The molecule has 0 fully saturated rings. The zero-order chi connectivity index (χ0) is 13.2. The molecule has 0 unspecified atom stereocenters. The van der Waals surface area contributed by atoms with E-state index in [0.29, 0.717) is 6.10 Å². The maximum Gasteiger partial charge on any atom is 0.143 e. The predicted octanol–water partition coefficient (Wildman–Crippen LogP) is 2.37. The molecule has 19 heavy (non-hydrogen) atoms. The molecule has 2 heterocycles. The standard InChI is InChI=1S/C16H24N2O/c1-3-4-14-11-18(2)15-9-12-5-7-17-8-6-13(12)10-16(15)19-14/h9-10,14,17H,3-8,11H2,1-2H3/t14-/m1/s1. The van der Waals surface area contributed by atoms with E-state index in [0.717, 1.165) is 44.6 Å². The maximum atomic E-state index is 6.19. The summed E-state index contributed by atoms with van der Waals surface area (Å²) in [6.07, 6.45) is 4.93. The van der Waals surface area contributed by atoms with E-state index in [1.807, 2.05) is 0 Å². The van der Waals surface area contributed by atoms with Crippen molar-refractivity contribution in [1.29, 1.82) is 0 Å². The fraction of sp³-hybridized carbons (Fsp3) is 0.625. The highest BCUT2D eigenvalue weighted by Gasteiger charge is 2.24. The van der Waals surface area contributed by atoms with E-state index in [9.17, 15) is 0 Å². The summed E-state index contributed by atoms with van der Waals surface area (Å²) < 4.78 is 6.19. The van der Waals surface area contributed by atoms with E-state index >= 15 is 0 Å². The van der Waals surface area contributed by atoms with E-state index in [4.69, 9.17) is 4.74 Å². The first-order valence-electron chi connectivity index (χ1n) is 7.52. The Labute approximate surface area is 115 Å². The number of ether oxygens (including phenoxy) is 1. The summed E-state index contributed by atoms with van der Waals surface area (Å²) in [4.78, 5) is 2.36. The molecule has 1 aromatic rings. The summed E-state index contributed by atoms with van der Waals surface area (Å²) in [6, 6.07) is 4.63. The highest BCUT2D eigenvalue weighted by Crippen LogP contribution is 2.36. The Balaban J connectivity index is 1.92. The van der Waals surface area contributed by atoms with Crippen LogP contribution in [0.4, 0.5) is 5.69 Å². The van der Waals surface area contributed by atoms with Crippen molar-refractivity contribution in [1.82, 2.24) is 5.32 Å². The predicted molar refractivity (Wildman–Crippen MR) is 79.3 cm³/mol. The minimum atomic E-state index is 0.351. The number of nitrogens with zero attached hydrogens (tertiary/aromatic N) is 1. The van der Waals surface area contributed by atoms with Gasteiger partial charge in [0.1, 0.15) is 11.9 Å². The lowest BCUT2D eigenvalue weighted by molar-refractivity contribution is 0.184. The Morgan fingerprint density at radius 2 is 2.00 bits per heavy atom. The van der Waals surface area contributed by atoms with Gasteiger partial charge in [0.2, 0.25) is 0 Å². The molecular formula is C16H24N2O. The third kappa shape index (κ3) is 2.57. The van der Waals surface area contributed by atoms with Gasteiger partial charge >= 0.3 is 0 Å². The van der Waals surface area contributed by atoms with Gasteiger partial charge in [0, 0.05) is 7.05 Å². The average molecular weight is 260 g/mol. The van der Waals surface area contributed by atoms with E-state index < -0.39 is 0 Å². The van der Waals surface area contributed by atoms with Crippen molar-refractivity contribution in [3.8, 4) is 5.75 Å². The quantitative estimate of drug-likeness (QED) is 0.883. The van der Waals surface area contributed by atoms with Crippen LogP contribution in [0.25, 0.3) is 0 Å². The van der Waals surface area contributed by atoms with Crippen LogP contribution in [0, 0.1) is 0 Å². The molecule has 2 aliphatic heterocycles. The fourth-order valence-corrected chi connectivity index (χ4v) is 3.18. The van der Waals surface area contributed by atoms with Gasteiger partial charge in [0.05, 0.1) is 12.2 Å². The molecule has 3 nitrogen and oxygen atoms in total. The molecule has 0 bridgehead atoms. The lowest BCUT2D eigenvalue weighted by Crippen LogP contribution is -2.37. The normalized spacial score (nSPS) is 22.2. The molecule has 0 radical (unpaired) electrons. The summed E-state index contributed by atoms with van der Waals surface area (Å²) in [5.74, 6) is 1.09. The Kier molecular flexibility index (Phi) is 3.65. The average Bonchev–Trinajstić information content (AvgIpc) is 2.62. The molecule has 0 aliphatic carbocycles. The van der Waals surface area contributed by atoms with E-state index in [-0.39, 0.29) is 0 Å². The topological polar surface area (TPSA) is 24.5 Å². The van der Waals surface area contributed by atoms with Gasteiger partial charge in [-0.15, -0.1) is 0 Å². The number of fused-ring (bicyclic) bond motifs is 2. The molecule has 104 valence electrons. The maximum absolute atomic E-state index is 6.19. The molecule has 2 aliphatic rings. The number of benzene rings is 1. The first kappa shape index (κ1) is 12.8. The second-order valence-corrected chi connectivity index (χ2v) is 5.75. The van der Waals surface area contributed by atoms with Crippen LogP contribution >= 0.6 is 0 Å². The molecule has 1 aromatic carbocycles. The van der Waals surface area contributed by atoms with Gasteiger partial charge in [-0.1, -0.05) is 13.3 Å². The van der Waals surface area contributed by atoms with Gasteiger partial charge < -0.3 is 15.0 Å². The van der Waals surface area contributed by atoms with Crippen LogP contribution in [0.2, 0.25) is 0 Å². The number of anilines is 1. The van der Waals surface area contributed by atoms with E-state index in [1.165, 1.54) is 23.2 Å². The van der Waals surface area contributed by atoms with Crippen LogP contribution in [-0.4, -0.2) is 32.8 Å². The van der Waals surface area contributed by atoms with Crippen molar-refractivity contribution >= 4 is 5.69 Å². The molecule has 0 saturated heterocycles. The Morgan fingerprint density at radius 1 is 1.26 bits per heavy atom. The molecule has 1 atom stereocenters. The summed E-state index contributed by atoms with van der Waals surface area (Å²) in [5, 5.41) is 3.47. The molecule has 0 aromatic heterocycles. The van der Waals surface area contributed by atoms with Crippen LogP contribution in [0.5, 0.6) is 5.75 Å².